The minimum absolute atomic E-state index is 0.0205. The summed E-state index contributed by atoms with van der Waals surface area (Å²) in [6, 6.07) is 7.58. The Morgan fingerprint density at radius 3 is 2.77 bits per heavy atom. The molecule has 2 heterocycles. The molecule has 116 valence electrons. The van der Waals surface area contributed by atoms with Gasteiger partial charge in [0.25, 0.3) is 5.91 Å². The molecule has 2 aliphatic rings. The smallest absolute Gasteiger partial charge is 0.325 e. The van der Waals surface area contributed by atoms with Crippen LogP contribution in [0.25, 0.3) is 0 Å². The molecule has 1 N–H and O–H groups in total. The third kappa shape index (κ3) is 2.56. The summed E-state index contributed by atoms with van der Waals surface area (Å²) in [5.74, 6) is -0.513. The summed E-state index contributed by atoms with van der Waals surface area (Å²) >= 11 is 0. The summed E-state index contributed by atoms with van der Waals surface area (Å²) in [5.41, 5.74) is 2.30. The van der Waals surface area contributed by atoms with Crippen molar-refractivity contribution in [2.75, 3.05) is 19.6 Å². The SMILES string of the molecule is Cc1ccccc1C1CCCN1C(=O)CN1C(=O)CNC1=O. The molecular formula is C16H19N3O3. The van der Waals surface area contributed by atoms with Crippen molar-refractivity contribution in [1.29, 1.82) is 0 Å². The van der Waals surface area contributed by atoms with Crippen molar-refractivity contribution in [2.45, 2.75) is 25.8 Å². The molecule has 4 amide bonds. The summed E-state index contributed by atoms with van der Waals surface area (Å²) in [7, 11) is 0. The highest BCUT2D eigenvalue weighted by Crippen LogP contribution is 2.33. The van der Waals surface area contributed by atoms with Gasteiger partial charge in [-0.1, -0.05) is 24.3 Å². The van der Waals surface area contributed by atoms with Gasteiger partial charge in [0.15, 0.2) is 0 Å². The van der Waals surface area contributed by atoms with E-state index in [1.807, 2.05) is 31.2 Å². The van der Waals surface area contributed by atoms with Crippen LogP contribution in [0.4, 0.5) is 4.79 Å². The van der Waals surface area contributed by atoms with Crippen LogP contribution >= 0.6 is 0 Å². The number of urea groups is 1. The van der Waals surface area contributed by atoms with Crippen LogP contribution < -0.4 is 5.32 Å². The Hall–Kier alpha value is -2.37. The number of amides is 4. The summed E-state index contributed by atoms with van der Waals surface area (Å²) in [6.45, 7) is 2.51. The van der Waals surface area contributed by atoms with Crippen LogP contribution in [0.3, 0.4) is 0 Å². The van der Waals surface area contributed by atoms with Gasteiger partial charge in [-0.05, 0) is 30.9 Å². The molecular weight excluding hydrogens is 282 g/mol. The zero-order chi connectivity index (χ0) is 15.7. The van der Waals surface area contributed by atoms with Gasteiger partial charge in [0, 0.05) is 6.54 Å². The second-order valence-electron chi connectivity index (χ2n) is 5.74. The number of carbonyl (C=O) groups excluding carboxylic acids is 3. The molecule has 6 nitrogen and oxygen atoms in total. The van der Waals surface area contributed by atoms with Crippen LogP contribution in [-0.2, 0) is 9.59 Å². The lowest BCUT2D eigenvalue weighted by Gasteiger charge is -2.27. The molecule has 22 heavy (non-hydrogen) atoms. The van der Waals surface area contributed by atoms with E-state index in [1.54, 1.807) is 4.90 Å². The quantitative estimate of drug-likeness (QED) is 0.853. The Kier molecular flexibility index (Phi) is 3.83. The van der Waals surface area contributed by atoms with Crippen molar-refractivity contribution in [1.82, 2.24) is 15.1 Å². The molecule has 6 heteroatoms. The maximum absolute atomic E-state index is 12.5. The number of likely N-dealkylation sites (tertiary alicyclic amines) is 1. The molecule has 0 aromatic heterocycles. The van der Waals surface area contributed by atoms with Gasteiger partial charge in [0.1, 0.15) is 6.54 Å². The second kappa shape index (κ2) is 5.79. The molecule has 2 aliphatic heterocycles. The number of rotatable bonds is 3. The lowest BCUT2D eigenvalue weighted by atomic mass is 9.99. The normalized spacial score (nSPS) is 21.4. The standard InChI is InChI=1S/C16H19N3O3/c1-11-5-2-3-6-12(11)13-7-4-8-18(13)15(21)10-19-14(20)9-17-16(19)22/h2-3,5-6,13H,4,7-10H2,1H3,(H,17,22). The van der Waals surface area contributed by atoms with E-state index < -0.39 is 6.03 Å². The Morgan fingerprint density at radius 2 is 2.09 bits per heavy atom. The first kappa shape index (κ1) is 14.6. The molecule has 0 bridgehead atoms. The number of hydrogen-bond acceptors (Lipinski definition) is 3. The highest BCUT2D eigenvalue weighted by molar-refractivity contribution is 6.04. The topological polar surface area (TPSA) is 69.7 Å². The highest BCUT2D eigenvalue weighted by Gasteiger charge is 2.35. The summed E-state index contributed by atoms with van der Waals surface area (Å²) < 4.78 is 0. The van der Waals surface area contributed by atoms with Crippen molar-refractivity contribution in [3.05, 3.63) is 35.4 Å². The molecule has 1 aromatic carbocycles. The fourth-order valence-corrected chi connectivity index (χ4v) is 3.19. The van der Waals surface area contributed by atoms with Crippen LogP contribution in [-0.4, -0.2) is 47.3 Å². The van der Waals surface area contributed by atoms with Gasteiger partial charge < -0.3 is 10.2 Å². The Labute approximate surface area is 129 Å². The molecule has 0 radical (unpaired) electrons. The molecule has 0 spiro atoms. The van der Waals surface area contributed by atoms with Gasteiger partial charge in [-0.25, -0.2) is 4.79 Å². The average Bonchev–Trinajstić information content (AvgIpc) is 3.10. The first-order valence-electron chi connectivity index (χ1n) is 7.51. The number of imide groups is 1. The fourth-order valence-electron chi connectivity index (χ4n) is 3.19. The third-order valence-corrected chi connectivity index (χ3v) is 4.35. The van der Waals surface area contributed by atoms with Crippen LogP contribution in [0.1, 0.15) is 30.0 Å². The summed E-state index contributed by atoms with van der Waals surface area (Å²) in [5, 5.41) is 2.43. The summed E-state index contributed by atoms with van der Waals surface area (Å²) in [6.07, 6.45) is 1.85. The molecule has 2 fully saturated rings. The van der Waals surface area contributed by atoms with E-state index in [0.29, 0.717) is 6.54 Å². The van der Waals surface area contributed by atoms with Crippen molar-refractivity contribution >= 4 is 17.8 Å². The first-order valence-corrected chi connectivity index (χ1v) is 7.51. The van der Waals surface area contributed by atoms with Gasteiger partial charge in [-0.3, -0.25) is 14.5 Å². The van der Waals surface area contributed by atoms with Crippen LogP contribution in [0, 0.1) is 6.92 Å². The Bertz CT molecular complexity index is 613. The molecule has 1 unspecified atom stereocenters. The number of nitrogens with zero attached hydrogens (tertiary/aromatic N) is 2. The number of carbonyl (C=O) groups is 3. The molecule has 1 aromatic rings. The van der Waals surface area contributed by atoms with E-state index in [4.69, 9.17) is 0 Å². The van der Waals surface area contributed by atoms with E-state index >= 15 is 0 Å². The largest absolute Gasteiger partial charge is 0.334 e. The second-order valence-corrected chi connectivity index (χ2v) is 5.74. The van der Waals surface area contributed by atoms with E-state index in [2.05, 4.69) is 5.32 Å². The number of hydrogen-bond donors (Lipinski definition) is 1. The monoisotopic (exact) mass is 301 g/mol. The Morgan fingerprint density at radius 1 is 1.32 bits per heavy atom. The van der Waals surface area contributed by atoms with Gasteiger partial charge >= 0.3 is 6.03 Å². The predicted molar refractivity (Wildman–Crippen MR) is 80.0 cm³/mol. The molecule has 0 saturated carbocycles. The number of benzene rings is 1. The number of aryl methyl sites for hydroxylation is 1. The number of nitrogens with one attached hydrogen (secondary N) is 1. The maximum atomic E-state index is 12.5. The minimum atomic E-state index is -0.481. The van der Waals surface area contributed by atoms with Gasteiger partial charge in [0.05, 0.1) is 12.6 Å². The zero-order valence-corrected chi connectivity index (χ0v) is 12.5. The van der Waals surface area contributed by atoms with Crippen molar-refractivity contribution in [3.8, 4) is 0 Å². The van der Waals surface area contributed by atoms with E-state index in [-0.39, 0.29) is 30.9 Å². The van der Waals surface area contributed by atoms with Gasteiger partial charge in [-0.15, -0.1) is 0 Å². The molecule has 0 aliphatic carbocycles. The average molecular weight is 301 g/mol. The van der Waals surface area contributed by atoms with Gasteiger partial charge in [-0.2, -0.15) is 0 Å². The summed E-state index contributed by atoms with van der Waals surface area (Å²) in [4.78, 5) is 38.5. The van der Waals surface area contributed by atoms with E-state index in [1.165, 1.54) is 0 Å². The molecule has 3 rings (SSSR count). The lowest BCUT2D eigenvalue weighted by molar-refractivity contribution is -0.137. The minimum Gasteiger partial charge on any atom is -0.334 e. The maximum Gasteiger partial charge on any atom is 0.325 e. The van der Waals surface area contributed by atoms with Crippen molar-refractivity contribution < 1.29 is 14.4 Å². The fraction of sp³-hybridized carbons (Fsp3) is 0.438. The van der Waals surface area contributed by atoms with Crippen LogP contribution in [0.15, 0.2) is 24.3 Å². The third-order valence-electron chi connectivity index (χ3n) is 4.35. The first-order chi connectivity index (χ1) is 10.6. The van der Waals surface area contributed by atoms with E-state index in [0.717, 1.165) is 28.9 Å². The predicted octanol–water partition coefficient (Wildman–Crippen LogP) is 1.21. The van der Waals surface area contributed by atoms with Crippen LogP contribution in [0.2, 0.25) is 0 Å². The van der Waals surface area contributed by atoms with Crippen LogP contribution in [0.5, 0.6) is 0 Å². The highest BCUT2D eigenvalue weighted by atomic mass is 16.2. The van der Waals surface area contributed by atoms with Crippen molar-refractivity contribution in [3.63, 3.8) is 0 Å². The molecule has 2 saturated heterocycles. The van der Waals surface area contributed by atoms with Crippen molar-refractivity contribution in [2.24, 2.45) is 0 Å². The molecule has 1 atom stereocenters. The zero-order valence-electron chi connectivity index (χ0n) is 12.5. The Balaban J connectivity index is 1.76. The lowest BCUT2D eigenvalue weighted by Crippen LogP contribution is -2.42. The van der Waals surface area contributed by atoms with Gasteiger partial charge in [0.2, 0.25) is 5.91 Å². The van der Waals surface area contributed by atoms with E-state index in [9.17, 15) is 14.4 Å².